The second kappa shape index (κ2) is 6.84. The van der Waals surface area contributed by atoms with Gasteiger partial charge in [-0.05, 0) is 19.9 Å². The van der Waals surface area contributed by atoms with Gasteiger partial charge in [0.25, 0.3) is 5.91 Å². The standard InChI is InChI=1S/C19H16F2N2O2/c1-11(15-9-8-14(20)10-16(15)21)22-19(24)17-12(2)25-23-18(17)13-6-4-3-5-7-13/h3-11H,1-2H3,(H,22,24)/t11-/m1/s1. The van der Waals surface area contributed by atoms with E-state index in [0.29, 0.717) is 17.0 Å². The highest BCUT2D eigenvalue weighted by molar-refractivity contribution is 6.00. The number of benzene rings is 2. The van der Waals surface area contributed by atoms with Crippen LogP contribution in [0.4, 0.5) is 8.78 Å². The first-order chi connectivity index (χ1) is 12.0. The van der Waals surface area contributed by atoms with Gasteiger partial charge < -0.3 is 9.84 Å². The van der Waals surface area contributed by atoms with Crippen LogP contribution in [-0.4, -0.2) is 11.1 Å². The zero-order chi connectivity index (χ0) is 18.0. The van der Waals surface area contributed by atoms with Crippen molar-refractivity contribution in [3.8, 4) is 11.3 Å². The van der Waals surface area contributed by atoms with Gasteiger partial charge in [0.05, 0.1) is 6.04 Å². The summed E-state index contributed by atoms with van der Waals surface area (Å²) in [6, 6.07) is 11.8. The van der Waals surface area contributed by atoms with Gasteiger partial charge in [-0.25, -0.2) is 8.78 Å². The second-order valence-corrected chi connectivity index (χ2v) is 5.69. The third kappa shape index (κ3) is 3.42. The molecule has 3 aromatic rings. The number of carbonyl (C=O) groups excluding carboxylic acids is 1. The molecule has 1 heterocycles. The molecule has 4 nitrogen and oxygen atoms in total. The summed E-state index contributed by atoms with van der Waals surface area (Å²) in [5.41, 5.74) is 1.65. The van der Waals surface area contributed by atoms with Gasteiger partial charge in [0.15, 0.2) is 0 Å². The molecule has 1 amide bonds. The molecule has 0 radical (unpaired) electrons. The number of hydrogen-bond donors (Lipinski definition) is 1. The summed E-state index contributed by atoms with van der Waals surface area (Å²) >= 11 is 0. The Labute approximate surface area is 143 Å². The van der Waals surface area contributed by atoms with Crippen molar-refractivity contribution in [3.63, 3.8) is 0 Å². The molecule has 3 rings (SSSR count). The minimum absolute atomic E-state index is 0.199. The summed E-state index contributed by atoms with van der Waals surface area (Å²) in [5, 5.41) is 6.67. The fourth-order valence-corrected chi connectivity index (χ4v) is 2.63. The van der Waals surface area contributed by atoms with Crippen LogP contribution in [-0.2, 0) is 0 Å². The predicted molar refractivity (Wildman–Crippen MR) is 88.9 cm³/mol. The van der Waals surface area contributed by atoms with E-state index in [-0.39, 0.29) is 5.56 Å². The molecule has 0 aliphatic heterocycles. The zero-order valence-electron chi connectivity index (χ0n) is 13.7. The van der Waals surface area contributed by atoms with Crippen molar-refractivity contribution in [3.05, 3.63) is 77.1 Å². The first kappa shape index (κ1) is 16.8. The first-order valence-corrected chi connectivity index (χ1v) is 7.75. The van der Waals surface area contributed by atoms with Crippen LogP contribution in [0.25, 0.3) is 11.3 Å². The number of nitrogens with one attached hydrogen (secondary N) is 1. The van der Waals surface area contributed by atoms with E-state index in [4.69, 9.17) is 4.52 Å². The lowest BCUT2D eigenvalue weighted by Gasteiger charge is -2.15. The number of hydrogen-bond acceptors (Lipinski definition) is 3. The van der Waals surface area contributed by atoms with Gasteiger partial charge >= 0.3 is 0 Å². The lowest BCUT2D eigenvalue weighted by Crippen LogP contribution is -2.28. The molecule has 2 aromatic carbocycles. The summed E-state index contributed by atoms with van der Waals surface area (Å²) in [5.74, 6) is -1.45. The molecule has 0 bridgehead atoms. The maximum absolute atomic E-state index is 13.9. The first-order valence-electron chi connectivity index (χ1n) is 7.75. The van der Waals surface area contributed by atoms with Gasteiger partial charge in [-0.2, -0.15) is 0 Å². The van der Waals surface area contributed by atoms with Crippen LogP contribution in [0.3, 0.4) is 0 Å². The minimum atomic E-state index is -0.710. The molecular weight excluding hydrogens is 326 g/mol. The maximum atomic E-state index is 13.9. The summed E-state index contributed by atoms with van der Waals surface area (Å²) in [7, 11) is 0. The lowest BCUT2D eigenvalue weighted by molar-refractivity contribution is 0.0938. The fraction of sp³-hybridized carbons (Fsp3) is 0.158. The molecule has 128 valence electrons. The molecule has 1 aromatic heterocycles. The SMILES string of the molecule is Cc1onc(-c2ccccc2)c1C(=O)N[C@H](C)c1ccc(F)cc1F. The van der Waals surface area contributed by atoms with E-state index >= 15 is 0 Å². The molecule has 0 saturated heterocycles. The number of carbonyl (C=O) groups is 1. The van der Waals surface area contributed by atoms with Crippen LogP contribution >= 0.6 is 0 Å². The largest absolute Gasteiger partial charge is 0.360 e. The van der Waals surface area contributed by atoms with Crippen LogP contribution in [0.15, 0.2) is 53.1 Å². The van der Waals surface area contributed by atoms with Crippen molar-refractivity contribution in [1.29, 1.82) is 0 Å². The van der Waals surface area contributed by atoms with E-state index in [1.54, 1.807) is 13.8 Å². The van der Waals surface area contributed by atoms with E-state index in [1.807, 2.05) is 30.3 Å². The average molecular weight is 342 g/mol. The molecule has 0 fully saturated rings. The van der Waals surface area contributed by atoms with Gasteiger partial charge in [-0.3, -0.25) is 4.79 Å². The highest BCUT2D eigenvalue weighted by atomic mass is 19.1. The van der Waals surface area contributed by atoms with E-state index in [2.05, 4.69) is 10.5 Å². The molecular formula is C19H16F2N2O2. The van der Waals surface area contributed by atoms with Gasteiger partial charge in [-0.15, -0.1) is 0 Å². The van der Waals surface area contributed by atoms with Crippen LogP contribution in [0.5, 0.6) is 0 Å². The Morgan fingerprint density at radius 3 is 2.56 bits per heavy atom. The van der Waals surface area contributed by atoms with Crippen molar-refractivity contribution in [1.82, 2.24) is 10.5 Å². The molecule has 0 aliphatic rings. The van der Waals surface area contributed by atoms with Crippen molar-refractivity contribution in [2.75, 3.05) is 0 Å². The monoisotopic (exact) mass is 342 g/mol. The molecule has 0 spiro atoms. The van der Waals surface area contributed by atoms with Gasteiger partial charge in [-0.1, -0.05) is 41.6 Å². The third-order valence-electron chi connectivity index (χ3n) is 3.91. The van der Waals surface area contributed by atoms with Crippen molar-refractivity contribution >= 4 is 5.91 Å². The van der Waals surface area contributed by atoms with Crippen molar-refractivity contribution in [2.45, 2.75) is 19.9 Å². The topological polar surface area (TPSA) is 55.1 Å². The lowest BCUT2D eigenvalue weighted by atomic mass is 10.0. The Bertz CT molecular complexity index is 907. The molecule has 0 unspecified atom stereocenters. The number of amides is 1. The summed E-state index contributed by atoms with van der Waals surface area (Å²) in [4.78, 5) is 12.7. The van der Waals surface area contributed by atoms with Crippen molar-refractivity contribution in [2.24, 2.45) is 0 Å². The van der Waals surface area contributed by atoms with E-state index in [9.17, 15) is 13.6 Å². The molecule has 0 aliphatic carbocycles. The summed E-state index contributed by atoms with van der Waals surface area (Å²) in [6.45, 7) is 3.26. The molecule has 0 saturated carbocycles. The minimum Gasteiger partial charge on any atom is -0.360 e. The Hall–Kier alpha value is -3.02. The average Bonchev–Trinajstić information content (AvgIpc) is 2.97. The number of aromatic nitrogens is 1. The maximum Gasteiger partial charge on any atom is 0.257 e. The Morgan fingerprint density at radius 1 is 1.16 bits per heavy atom. The quantitative estimate of drug-likeness (QED) is 0.764. The van der Waals surface area contributed by atoms with Crippen LogP contribution in [0.2, 0.25) is 0 Å². The smallest absolute Gasteiger partial charge is 0.257 e. The third-order valence-corrected chi connectivity index (χ3v) is 3.91. The molecule has 1 N–H and O–H groups in total. The molecule has 6 heteroatoms. The van der Waals surface area contributed by atoms with E-state index < -0.39 is 23.6 Å². The van der Waals surface area contributed by atoms with Crippen LogP contribution in [0.1, 0.15) is 34.6 Å². The summed E-state index contributed by atoms with van der Waals surface area (Å²) < 4.78 is 32.1. The van der Waals surface area contributed by atoms with Crippen LogP contribution in [0, 0.1) is 18.6 Å². The highest BCUT2D eigenvalue weighted by Crippen LogP contribution is 2.26. The number of nitrogens with zero attached hydrogens (tertiary/aromatic N) is 1. The second-order valence-electron chi connectivity index (χ2n) is 5.69. The van der Waals surface area contributed by atoms with Crippen molar-refractivity contribution < 1.29 is 18.1 Å². The Kier molecular flexibility index (Phi) is 4.61. The van der Waals surface area contributed by atoms with Gasteiger partial charge in [0.1, 0.15) is 28.7 Å². The highest BCUT2D eigenvalue weighted by Gasteiger charge is 2.23. The van der Waals surface area contributed by atoms with Gasteiger partial charge in [0.2, 0.25) is 0 Å². The van der Waals surface area contributed by atoms with Gasteiger partial charge in [0, 0.05) is 17.2 Å². The zero-order valence-corrected chi connectivity index (χ0v) is 13.7. The number of aryl methyl sites for hydroxylation is 1. The number of halogens is 2. The fourth-order valence-electron chi connectivity index (χ4n) is 2.63. The van der Waals surface area contributed by atoms with Crippen LogP contribution < -0.4 is 5.32 Å². The molecule has 25 heavy (non-hydrogen) atoms. The Morgan fingerprint density at radius 2 is 1.88 bits per heavy atom. The molecule has 1 atom stereocenters. The van der Waals surface area contributed by atoms with E-state index in [1.165, 1.54) is 6.07 Å². The normalized spacial score (nSPS) is 12.0. The van der Waals surface area contributed by atoms with E-state index in [0.717, 1.165) is 17.7 Å². The Balaban J connectivity index is 1.88. The number of rotatable bonds is 4. The predicted octanol–water partition coefficient (Wildman–Crippen LogP) is 4.42. The summed E-state index contributed by atoms with van der Waals surface area (Å²) in [6.07, 6.45) is 0.